The Morgan fingerprint density at radius 1 is 1.21 bits per heavy atom. The summed E-state index contributed by atoms with van der Waals surface area (Å²) in [5.41, 5.74) is 6.90. The second kappa shape index (κ2) is 6.04. The highest BCUT2D eigenvalue weighted by molar-refractivity contribution is 8.00. The third-order valence-electron chi connectivity index (χ3n) is 2.48. The summed E-state index contributed by atoms with van der Waals surface area (Å²) < 4.78 is 0. The van der Waals surface area contributed by atoms with Gasteiger partial charge in [-0.1, -0.05) is 35.5 Å². The number of hydrogen-bond acceptors (Lipinski definition) is 4. The van der Waals surface area contributed by atoms with Crippen LogP contribution in [-0.4, -0.2) is 21.4 Å². The highest BCUT2D eigenvalue weighted by Gasteiger charge is 2.11. The van der Waals surface area contributed by atoms with Crippen LogP contribution < -0.4 is 5.73 Å². The first-order valence-corrected chi connectivity index (χ1v) is 6.87. The van der Waals surface area contributed by atoms with Crippen molar-refractivity contribution in [1.82, 2.24) is 10.2 Å². The maximum Gasteiger partial charge on any atom is 0.230 e. The number of thioether (sulfide) groups is 1. The van der Waals surface area contributed by atoms with E-state index in [9.17, 15) is 4.79 Å². The molecule has 0 spiro atoms. The van der Waals surface area contributed by atoms with E-state index >= 15 is 0 Å². The molecule has 2 N–H and O–H groups in total. The average molecular weight is 294 g/mol. The summed E-state index contributed by atoms with van der Waals surface area (Å²) in [5.74, 6) is -0.367. The fourth-order valence-corrected chi connectivity index (χ4v) is 2.24. The largest absolute Gasteiger partial charge is 0.369 e. The molecule has 0 aliphatic heterocycles. The normalized spacial score (nSPS) is 12.1. The summed E-state index contributed by atoms with van der Waals surface area (Å²) in [6.07, 6.45) is 0. The van der Waals surface area contributed by atoms with Gasteiger partial charge in [0.15, 0.2) is 0 Å². The number of primary amides is 1. The van der Waals surface area contributed by atoms with E-state index in [-0.39, 0.29) is 11.2 Å². The summed E-state index contributed by atoms with van der Waals surface area (Å²) in [7, 11) is 0. The van der Waals surface area contributed by atoms with Gasteiger partial charge in [-0.05, 0) is 31.2 Å². The van der Waals surface area contributed by atoms with Crippen LogP contribution in [0.25, 0.3) is 11.3 Å². The lowest BCUT2D eigenvalue weighted by atomic mass is 10.1. The molecule has 2 aromatic rings. The van der Waals surface area contributed by atoms with Crippen LogP contribution in [0.4, 0.5) is 0 Å². The predicted molar refractivity (Wildman–Crippen MR) is 77.0 cm³/mol. The van der Waals surface area contributed by atoms with E-state index in [1.54, 1.807) is 19.1 Å². The van der Waals surface area contributed by atoms with Crippen molar-refractivity contribution in [3.8, 4) is 11.3 Å². The van der Waals surface area contributed by atoms with Gasteiger partial charge >= 0.3 is 0 Å². The molecule has 0 aliphatic carbocycles. The molecule has 1 atom stereocenters. The maximum absolute atomic E-state index is 11.0. The van der Waals surface area contributed by atoms with E-state index < -0.39 is 0 Å². The highest BCUT2D eigenvalue weighted by atomic mass is 35.5. The van der Waals surface area contributed by atoms with Crippen LogP contribution >= 0.6 is 23.4 Å². The van der Waals surface area contributed by atoms with Gasteiger partial charge in [0.05, 0.1) is 10.9 Å². The monoisotopic (exact) mass is 293 g/mol. The summed E-state index contributed by atoms with van der Waals surface area (Å²) >= 11 is 7.12. The van der Waals surface area contributed by atoms with E-state index in [0.29, 0.717) is 10.0 Å². The lowest BCUT2D eigenvalue weighted by Gasteiger charge is -2.06. The van der Waals surface area contributed by atoms with Crippen LogP contribution in [0.1, 0.15) is 6.92 Å². The van der Waals surface area contributed by atoms with E-state index in [1.807, 2.05) is 24.3 Å². The Morgan fingerprint density at radius 2 is 1.89 bits per heavy atom. The third-order valence-corrected chi connectivity index (χ3v) is 3.78. The van der Waals surface area contributed by atoms with E-state index in [1.165, 1.54) is 11.8 Å². The topological polar surface area (TPSA) is 68.9 Å². The number of rotatable bonds is 4. The van der Waals surface area contributed by atoms with Crippen molar-refractivity contribution in [2.45, 2.75) is 17.2 Å². The molecule has 0 radical (unpaired) electrons. The van der Waals surface area contributed by atoms with Crippen LogP contribution in [-0.2, 0) is 4.79 Å². The van der Waals surface area contributed by atoms with Crippen molar-refractivity contribution >= 4 is 29.3 Å². The van der Waals surface area contributed by atoms with Crippen LogP contribution in [0, 0.1) is 0 Å². The van der Waals surface area contributed by atoms with Crippen LogP contribution in [0.3, 0.4) is 0 Å². The van der Waals surface area contributed by atoms with Gasteiger partial charge in [0, 0.05) is 10.6 Å². The Balaban J connectivity index is 2.14. The van der Waals surface area contributed by atoms with Gasteiger partial charge in [0.1, 0.15) is 5.03 Å². The smallest absolute Gasteiger partial charge is 0.230 e. The summed E-state index contributed by atoms with van der Waals surface area (Å²) in [4.78, 5) is 11.0. The number of carbonyl (C=O) groups is 1. The molecule has 0 bridgehead atoms. The van der Waals surface area contributed by atoms with Crippen molar-refractivity contribution in [3.63, 3.8) is 0 Å². The molecule has 0 saturated heterocycles. The van der Waals surface area contributed by atoms with Gasteiger partial charge in [-0.3, -0.25) is 4.79 Å². The van der Waals surface area contributed by atoms with Gasteiger partial charge in [-0.25, -0.2) is 0 Å². The molecule has 98 valence electrons. The molecule has 0 fully saturated rings. The zero-order valence-electron chi connectivity index (χ0n) is 10.2. The van der Waals surface area contributed by atoms with Crippen molar-refractivity contribution in [2.24, 2.45) is 5.73 Å². The number of carbonyl (C=O) groups excluding carboxylic acids is 1. The summed E-state index contributed by atoms with van der Waals surface area (Å²) in [6.45, 7) is 1.74. The maximum atomic E-state index is 11.0. The van der Waals surface area contributed by atoms with Gasteiger partial charge < -0.3 is 5.73 Å². The minimum atomic E-state index is -0.367. The number of amides is 1. The molecule has 1 aromatic carbocycles. The molecular weight excluding hydrogens is 282 g/mol. The first-order chi connectivity index (χ1) is 9.06. The van der Waals surface area contributed by atoms with Gasteiger partial charge in [-0.2, -0.15) is 0 Å². The van der Waals surface area contributed by atoms with Crippen molar-refractivity contribution in [3.05, 3.63) is 41.4 Å². The average Bonchev–Trinajstić information content (AvgIpc) is 2.40. The summed E-state index contributed by atoms with van der Waals surface area (Å²) in [5, 5.41) is 9.22. The van der Waals surface area contributed by atoms with Crippen LogP contribution in [0.15, 0.2) is 41.4 Å². The number of nitrogens with zero attached hydrogens (tertiary/aromatic N) is 2. The van der Waals surface area contributed by atoms with Crippen molar-refractivity contribution in [2.75, 3.05) is 0 Å². The zero-order valence-corrected chi connectivity index (χ0v) is 11.8. The molecule has 1 amide bonds. The fourth-order valence-electron chi connectivity index (χ4n) is 1.40. The number of benzene rings is 1. The first kappa shape index (κ1) is 13.8. The second-order valence-corrected chi connectivity index (χ2v) is 5.72. The standard InChI is InChI=1S/C13H12ClN3OS/c1-8(13(15)18)19-12-7-6-11(16-17-12)9-2-4-10(14)5-3-9/h2-8H,1H3,(H2,15,18). The minimum Gasteiger partial charge on any atom is -0.369 e. The Hall–Kier alpha value is -1.59. The molecule has 2 rings (SSSR count). The molecule has 0 saturated carbocycles. The SMILES string of the molecule is CC(Sc1ccc(-c2ccc(Cl)cc2)nn1)C(N)=O. The zero-order chi connectivity index (χ0) is 13.8. The molecule has 1 aromatic heterocycles. The number of aromatic nitrogens is 2. The van der Waals surface area contributed by atoms with Crippen LogP contribution in [0.2, 0.25) is 5.02 Å². The molecular formula is C13H12ClN3OS. The molecule has 1 unspecified atom stereocenters. The fraction of sp³-hybridized carbons (Fsp3) is 0.154. The van der Waals surface area contributed by atoms with Crippen molar-refractivity contribution in [1.29, 1.82) is 0 Å². The first-order valence-electron chi connectivity index (χ1n) is 5.62. The minimum absolute atomic E-state index is 0.323. The number of nitrogens with two attached hydrogens (primary N) is 1. The molecule has 1 heterocycles. The van der Waals surface area contributed by atoms with E-state index in [0.717, 1.165) is 11.3 Å². The number of halogens is 1. The molecule has 19 heavy (non-hydrogen) atoms. The Labute approximate surface area is 120 Å². The Morgan fingerprint density at radius 3 is 2.42 bits per heavy atom. The lowest BCUT2D eigenvalue weighted by Crippen LogP contribution is -2.22. The third kappa shape index (κ3) is 3.68. The van der Waals surface area contributed by atoms with Crippen molar-refractivity contribution < 1.29 is 4.79 Å². The Kier molecular flexibility index (Phi) is 4.39. The van der Waals surface area contributed by atoms with Crippen LogP contribution in [0.5, 0.6) is 0 Å². The quantitative estimate of drug-likeness (QED) is 0.880. The molecule has 4 nitrogen and oxygen atoms in total. The highest BCUT2D eigenvalue weighted by Crippen LogP contribution is 2.23. The predicted octanol–water partition coefficient (Wildman–Crippen LogP) is 2.76. The van der Waals surface area contributed by atoms with Gasteiger partial charge in [0.25, 0.3) is 0 Å². The Bertz CT molecular complexity index is 571. The summed E-state index contributed by atoms with van der Waals surface area (Å²) in [6, 6.07) is 11.0. The second-order valence-electron chi connectivity index (χ2n) is 3.93. The van der Waals surface area contributed by atoms with Gasteiger partial charge in [-0.15, -0.1) is 10.2 Å². The van der Waals surface area contributed by atoms with E-state index in [4.69, 9.17) is 17.3 Å². The number of hydrogen-bond donors (Lipinski definition) is 1. The van der Waals surface area contributed by atoms with Gasteiger partial charge in [0.2, 0.25) is 5.91 Å². The lowest BCUT2D eigenvalue weighted by molar-refractivity contribution is -0.117. The van der Waals surface area contributed by atoms with E-state index in [2.05, 4.69) is 10.2 Å². The molecule has 6 heteroatoms. The molecule has 0 aliphatic rings.